The Hall–Kier alpha value is -3.08. The van der Waals surface area contributed by atoms with Gasteiger partial charge in [0.15, 0.2) is 17.0 Å². The van der Waals surface area contributed by atoms with Gasteiger partial charge >= 0.3 is 0 Å². The second-order valence-electron chi connectivity index (χ2n) is 9.77. The van der Waals surface area contributed by atoms with Gasteiger partial charge in [0.2, 0.25) is 5.95 Å². The summed E-state index contributed by atoms with van der Waals surface area (Å²) in [5.74, 6) is 3.46. The molecule has 3 aromatic heterocycles. The summed E-state index contributed by atoms with van der Waals surface area (Å²) in [5, 5.41) is 14.4. The highest BCUT2D eigenvalue weighted by molar-refractivity contribution is 5.86. The van der Waals surface area contributed by atoms with Crippen LogP contribution in [0.1, 0.15) is 31.4 Å². The van der Waals surface area contributed by atoms with Gasteiger partial charge in [0.25, 0.3) is 0 Å². The van der Waals surface area contributed by atoms with Crippen molar-refractivity contribution >= 4 is 28.0 Å². The molecule has 0 radical (unpaired) electrons. The normalized spacial score (nSPS) is 18.4. The van der Waals surface area contributed by atoms with Crippen molar-refractivity contribution in [1.29, 1.82) is 0 Å². The fraction of sp³-hybridized carbons (Fsp3) is 0.538. The van der Waals surface area contributed by atoms with E-state index in [1.165, 1.54) is 0 Å². The van der Waals surface area contributed by atoms with Gasteiger partial charge in [0.05, 0.1) is 30.4 Å². The maximum absolute atomic E-state index is 11.0. The van der Waals surface area contributed by atoms with Gasteiger partial charge in [-0.05, 0) is 44.0 Å². The van der Waals surface area contributed by atoms with E-state index >= 15 is 0 Å². The Morgan fingerprint density at radius 1 is 1.06 bits per heavy atom. The number of rotatable bonds is 6. The number of nitrogens with zero attached hydrogens (tertiary/aromatic N) is 7. The number of aliphatic hydroxyl groups is 1. The summed E-state index contributed by atoms with van der Waals surface area (Å²) in [5.41, 5.74) is 3.47. The molecule has 1 atom stereocenters. The zero-order valence-corrected chi connectivity index (χ0v) is 21.0. The van der Waals surface area contributed by atoms with Crippen molar-refractivity contribution in [1.82, 2.24) is 34.4 Å². The van der Waals surface area contributed by atoms with Crippen molar-refractivity contribution < 1.29 is 9.84 Å². The minimum atomic E-state index is -0.425. The van der Waals surface area contributed by atoms with Gasteiger partial charge in [-0.2, -0.15) is 9.97 Å². The van der Waals surface area contributed by atoms with Crippen molar-refractivity contribution in [2.45, 2.75) is 38.7 Å². The molecule has 10 nitrogen and oxygen atoms in total. The second-order valence-corrected chi connectivity index (χ2v) is 9.77. The number of fused-ring (bicyclic) bond motifs is 2. The third-order valence-electron chi connectivity index (χ3n) is 7.56. The first-order valence-corrected chi connectivity index (χ1v) is 13.1. The number of morpholine rings is 1. The van der Waals surface area contributed by atoms with E-state index in [1.54, 1.807) is 0 Å². The van der Waals surface area contributed by atoms with E-state index in [0.29, 0.717) is 25.6 Å². The zero-order valence-electron chi connectivity index (χ0n) is 21.0. The molecule has 1 aromatic carbocycles. The lowest BCUT2D eigenvalue weighted by Gasteiger charge is -2.28. The predicted octanol–water partition coefficient (Wildman–Crippen LogP) is 2.00. The molecule has 0 aliphatic carbocycles. The third-order valence-corrected chi connectivity index (χ3v) is 7.56. The topological polar surface area (TPSA) is 106 Å². The first kappa shape index (κ1) is 23.3. The number of hydrogen-bond donors (Lipinski definition) is 2. The van der Waals surface area contributed by atoms with Crippen LogP contribution in [0.3, 0.4) is 0 Å². The van der Waals surface area contributed by atoms with Gasteiger partial charge in [-0.3, -0.25) is 4.57 Å². The van der Waals surface area contributed by atoms with Crippen LogP contribution in [0.5, 0.6) is 0 Å². The maximum Gasteiger partial charge on any atom is 0.239 e. The summed E-state index contributed by atoms with van der Waals surface area (Å²) in [7, 11) is 1.99. The van der Waals surface area contributed by atoms with Crippen molar-refractivity contribution in [3.63, 3.8) is 0 Å². The summed E-state index contributed by atoms with van der Waals surface area (Å²) in [4.78, 5) is 22.2. The Kier molecular flexibility index (Phi) is 6.32. The minimum absolute atomic E-state index is 0.288. The summed E-state index contributed by atoms with van der Waals surface area (Å²) in [6.07, 6.45) is 2.82. The van der Waals surface area contributed by atoms with E-state index in [2.05, 4.69) is 27.8 Å². The Morgan fingerprint density at radius 3 is 2.61 bits per heavy atom. The number of imidazole rings is 2. The van der Waals surface area contributed by atoms with Crippen LogP contribution in [-0.2, 0) is 24.6 Å². The lowest BCUT2D eigenvalue weighted by Crippen LogP contribution is -2.37. The zero-order chi connectivity index (χ0) is 24.6. The second kappa shape index (κ2) is 9.76. The fourth-order valence-electron chi connectivity index (χ4n) is 5.48. The molecule has 2 N–H and O–H groups in total. The van der Waals surface area contributed by atoms with Crippen LogP contribution in [0, 0.1) is 5.92 Å². The molecular formula is C26H34N8O2. The third kappa shape index (κ3) is 4.12. The van der Waals surface area contributed by atoms with Gasteiger partial charge < -0.3 is 24.6 Å². The highest BCUT2D eigenvalue weighted by Gasteiger charge is 2.27. The summed E-state index contributed by atoms with van der Waals surface area (Å²) < 4.78 is 9.71. The molecule has 2 saturated heterocycles. The van der Waals surface area contributed by atoms with E-state index in [4.69, 9.17) is 24.7 Å². The maximum atomic E-state index is 11.0. The Balaban J connectivity index is 1.48. The lowest BCUT2D eigenvalue weighted by atomic mass is 9.90. The Morgan fingerprint density at radius 2 is 1.83 bits per heavy atom. The summed E-state index contributed by atoms with van der Waals surface area (Å²) >= 11 is 0. The van der Waals surface area contributed by atoms with Crippen molar-refractivity contribution in [2.75, 3.05) is 44.3 Å². The minimum Gasteiger partial charge on any atom is -0.392 e. The number of anilines is 1. The van der Waals surface area contributed by atoms with Gasteiger partial charge in [0, 0.05) is 33.0 Å². The van der Waals surface area contributed by atoms with Crippen molar-refractivity contribution in [3.8, 4) is 5.95 Å². The predicted molar refractivity (Wildman–Crippen MR) is 139 cm³/mol. The first-order valence-electron chi connectivity index (χ1n) is 13.1. The Bertz CT molecular complexity index is 1370. The van der Waals surface area contributed by atoms with Crippen molar-refractivity contribution in [2.24, 2.45) is 13.0 Å². The summed E-state index contributed by atoms with van der Waals surface area (Å²) in [6, 6.07) is 8.11. The van der Waals surface area contributed by atoms with Gasteiger partial charge in [0.1, 0.15) is 11.6 Å². The molecule has 10 heteroatoms. The van der Waals surface area contributed by atoms with E-state index < -0.39 is 6.10 Å². The molecule has 6 rings (SSSR count). The number of aromatic nitrogens is 6. The number of nitrogens with one attached hydrogen (secondary N) is 1. The molecule has 2 fully saturated rings. The number of hydrogen-bond acceptors (Lipinski definition) is 8. The number of piperidine rings is 1. The van der Waals surface area contributed by atoms with Gasteiger partial charge in [-0.1, -0.05) is 19.1 Å². The van der Waals surface area contributed by atoms with Gasteiger partial charge in [-0.25, -0.2) is 9.97 Å². The number of para-hydroxylation sites is 2. The number of benzene rings is 1. The molecule has 0 bridgehead atoms. The van der Waals surface area contributed by atoms with E-state index in [1.807, 2.05) is 29.8 Å². The molecule has 190 valence electrons. The van der Waals surface area contributed by atoms with E-state index in [0.717, 1.165) is 85.1 Å². The molecule has 2 aliphatic heterocycles. The quantitative estimate of drug-likeness (QED) is 0.423. The lowest BCUT2D eigenvalue weighted by molar-refractivity contribution is 0.0868. The SMILES string of the molecule is CCc1nc2ccccc2n1-c1nc(N2CCOCC2)c2nc(CC(O)C3CCNCC3)n(C)c2n1. The van der Waals surface area contributed by atoms with Crippen LogP contribution >= 0.6 is 0 Å². The standard InChI is InChI=1S/C26H34N8O2/c1-3-21-28-18-6-4-5-7-19(18)34(21)26-30-24-23(25(31-26)33-12-14-36-15-13-33)29-22(32(24)2)16-20(35)17-8-10-27-11-9-17/h4-7,17,20,27,35H,3,8-16H2,1-2H3. The summed E-state index contributed by atoms with van der Waals surface area (Å²) in [6.45, 7) is 6.83. The van der Waals surface area contributed by atoms with Crippen LogP contribution in [0.25, 0.3) is 28.1 Å². The average molecular weight is 491 g/mol. The number of ether oxygens (including phenoxy) is 1. The molecule has 1 unspecified atom stereocenters. The molecule has 4 aromatic rings. The number of aliphatic hydroxyl groups excluding tert-OH is 1. The molecule has 0 spiro atoms. The number of aryl methyl sites for hydroxylation is 2. The molecule has 5 heterocycles. The van der Waals surface area contributed by atoms with E-state index in [9.17, 15) is 5.11 Å². The van der Waals surface area contributed by atoms with Gasteiger partial charge in [-0.15, -0.1) is 0 Å². The van der Waals surface area contributed by atoms with Crippen LogP contribution in [0.4, 0.5) is 5.82 Å². The first-order chi connectivity index (χ1) is 17.6. The molecule has 36 heavy (non-hydrogen) atoms. The van der Waals surface area contributed by atoms with Crippen LogP contribution in [0.15, 0.2) is 24.3 Å². The average Bonchev–Trinajstić information content (AvgIpc) is 3.46. The Labute approximate surface area is 210 Å². The van der Waals surface area contributed by atoms with Crippen LogP contribution < -0.4 is 10.2 Å². The van der Waals surface area contributed by atoms with E-state index in [-0.39, 0.29) is 5.92 Å². The molecule has 2 aliphatic rings. The molecule has 0 saturated carbocycles. The van der Waals surface area contributed by atoms with Crippen LogP contribution in [0.2, 0.25) is 0 Å². The van der Waals surface area contributed by atoms with Crippen LogP contribution in [-0.4, -0.2) is 79.7 Å². The van der Waals surface area contributed by atoms with Crippen molar-refractivity contribution in [3.05, 3.63) is 35.9 Å². The highest BCUT2D eigenvalue weighted by Crippen LogP contribution is 2.29. The fourth-order valence-corrected chi connectivity index (χ4v) is 5.48. The smallest absolute Gasteiger partial charge is 0.239 e. The highest BCUT2D eigenvalue weighted by atomic mass is 16.5. The largest absolute Gasteiger partial charge is 0.392 e. The molecule has 0 amide bonds. The monoisotopic (exact) mass is 490 g/mol. The molecular weight excluding hydrogens is 456 g/mol.